The second-order valence-corrected chi connectivity index (χ2v) is 6.50. The molecule has 1 aliphatic rings. The SMILES string of the molecule is CN(CCCC(=O)O)S(=O)(=O)C1CCOCC1. The molecule has 0 aliphatic carbocycles. The highest BCUT2D eigenvalue weighted by Gasteiger charge is 2.30. The molecule has 0 aromatic carbocycles. The zero-order chi connectivity index (χ0) is 12.9. The molecule has 0 saturated carbocycles. The summed E-state index contributed by atoms with van der Waals surface area (Å²) in [7, 11) is -1.79. The molecule has 1 N–H and O–H groups in total. The van der Waals surface area contributed by atoms with Gasteiger partial charge in [-0.3, -0.25) is 4.79 Å². The summed E-state index contributed by atoms with van der Waals surface area (Å²) >= 11 is 0. The fraction of sp³-hybridized carbons (Fsp3) is 0.900. The Kier molecular flexibility index (Phi) is 5.35. The fourth-order valence-corrected chi connectivity index (χ4v) is 3.49. The van der Waals surface area contributed by atoms with Gasteiger partial charge in [0.1, 0.15) is 0 Å². The van der Waals surface area contributed by atoms with Crippen LogP contribution in [0.2, 0.25) is 0 Å². The largest absolute Gasteiger partial charge is 0.481 e. The van der Waals surface area contributed by atoms with Crippen molar-refractivity contribution in [1.29, 1.82) is 0 Å². The average molecular weight is 265 g/mol. The van der Waals surface area contributed by atoms with E-state index in [2.05, 4.69) is 0 Å². The number of aliphatic carboxylic acids is 1. The quantitative estimate of drug-likeness (QED) is 0.746. The number of carboxylic acid groups (broad SMARTS) is 1. The summed E-state index contributed by atoms with van der Waals surface area (Å²) in [5.74, 6) is -0.901. The molecule has 0 aromatic rings. The van der Waals surface area contributed by atoms with Gasteiger partial charge in [-0.1, -0.05) is 0 Å². The molecule has 1 fully saturated rings. The number of carboxylic acids is 1. The Bertz CT molecular complexity index is 348. The van der Waals surface area contributed by atoms with Gasteiger partial charge < -0.3 is 9.84 Å². The molecule has 0 amide bonds. The van der Waals surface area contributed by atoms with Gasteiger partial charge in [0.15, 0.2) is 0 Å². The smallest absolute Gasteiger partial charge is 0.303 e. The molecule has 0 atom stereocenters. The van der Waals surface area contributed by atoms with Crippen LogP contribution in [0, 0.1) is 0 Å². The fourth-order valence-electron chi connectivity index (χ4n) is 1.81. The van der Waals surface area contributed by atoms with Gasteiger partial charge >= 0.3 is 5.97 Å². The lowest BCUT2D eigenvalue weighted by atomic mass is 10.2. The molecular weight excluding hydrogens is 246 g/mol. The highest BCUT2D eigenvalue weighted by atomic mass is 32.2. The second kappa shape index (κ2) is 6.32. The maximum atomic E-state index is 12.1. The highest BCUT2D eigenvalue weighted by Crippen LogP contribution is 2.18. The molecule has 17 heavy (non-hydrogen) atoms. The van der Waals surface area contributed by atoms with Crippen LogP contribution in [0.4, 0.5) is 0 Å². The van der Waals surface area contributed by atoms with E-state index in [0.29, 0.717) is 32.5 Å². The van der Waals surface area contributed by atoms with Gasteiger partial charge in [-0.25, -0.2) is 12.7 Å². The van der Waals surface area contributed by atoms with E-state index in [1.54, 1.807) is 0 Å². The van der Waals surface area contributed by atoms with E-state index in [-0.39, 0.29) is 18.2 Å². The number of carbonyl (C=O) groups is 1. The standard InChI is InChI=1S/C10H19NO5S/c1-11(6-2-3-10(12)13)17(14,15)9-4-7-16-8-5-9/h9H,2-8H2,1H3,(H,12,13). The third kappa shape index (κ3) is 4.25. The Morgan fingerprint density at radius 2 is 2.00 bits per heavy atom. The summed E-state index contributed by atoms with van der Waals surface area (Å²) in [5.41, 5.74) is 0. The molecule has 1 saturated heterocycles. The van der Waals surface area contributed by atoms with E-state index in [9.17, 15) is 13.2 Å². The number of sulfonamides is 1. The average Bonchev–Trinajstić information content (AvgIpc) is 2.29. The topological polar surface area (TPSA) is 83.9 Å². The van der Waals surface area contributed by atoms with Crippen LogP contribution < -0.4 is 0 Å². The third-order valence-electron chi connectivity index (χ3n) is 2.89. The lowest BCUT2D eigenvalue weighted by molar-refractivity contribution is -0.137. The molecule has 0 bridgehead atoms. The predicted octanol–water partition coefficient (Wildman–Crippen LogP) is 0.292. The van der Waals surface area contributed by atoms with Crippen molar-refractivity contribution in [2.75, 3.05) is 26.8 Å². The predicted molar refractivity (Wildman–Crippen MR) is 62.3 cm³/mol. The first-order valence-electron chi connectivity index (χ1n) is 5.69. The van der Waals surface area contributed by atoms with Gasteiger partial charge in [0, 0.05) is 33.2 Å². The maximum Gasteiger partial charge on any atom is 0.303 e. The van der Waals surface area contributed by atoms with E-state index < -0.39 is 16.0 Å². The zero-order valence-corrected chi connectivity index (χ0v) is 10.8. The van der Waals surface area contributed by atoms with Crippen LogP contribution in [0.1, 0.15) is 25.7 Å². The second-order valence-electron chi connectivity index (χ2n) is 4.18. The van der Waals surface area contributed by atoms with Gasteiger partial charge in [-0.15, -0.1) is 0 Å². The van der Waals surface area contributed by atoms with Gasteiger partial charge in [0.05, 0.1) is 5.25 Å². The number of ether oxygens (including phenoxy) is 1. The molecule has 0 spiro atoms. The van der Waals surface area contributed by atoms with Crippen LogP contribution in [0.15, 0.2) is 0 Å². The van der Waals surface area contributed by atoms with E-state index in [4.69, 9.17) is 9.84 Å². The first-order chi connectivity index (χ1) is 7.94. The lowest BCUT2D eigenvalue weighted by Gasteiger charge is -2.27. The zero-order valence-electron chi connectivity index (χ0n) is 9.96. The first-order valence-corrected chi connectivity index (χ1v) is 7.19. The Balaban J connectivity index is 2.47. The maximum absolute atomic E-state index is 12.1. The Hall–Kier alpha value is -0.660. The van der Waals surface area contributed by atoms with Crippen LogP contribution in [0.3, 0.4) is 0 Å². The molecule has 0 unspecified atom stereocenters. The minimum Gasteiger partial charge on any atom is -0.481 e. The van der Waals surface area contributed by atoms with Crippen molar-refractivity contribution in [3.63, 3.8) is 0 Å². The molecule has 0 aromatic heterocycles. The van der Waals surface area contributed by atoms with Crippen molar-refractivity contribution >= 4 is 16.0 Å². The molecule has 7 heteroatoms. The van der Waals surface area contributed by atoms with Crippen molar-refractivity contribution < 1.29 is 23.1 Å². The number of rotatable bonds is 6. The molecule has 1 heterocycles. The molecule has 100 valence electrons. The van der Waals surface area contributed by atoms with Crippen LogP contribution in [0.5, 0.6) is 0 Å². The van der Waals surface area contributed by atoms with Crippen molar-refractivity contribution in [1.82, 2.24) is 4.31 Å². The van der Waals surface area contributed by atoms with Crippen molar-refractivity contribution in [3.8, 4) is 0 Å². The van der Waals surface area contributed by atoms with Gasteiger partial charge in [-0.2, -0.15) is 0 Å². The number of hydrogen-bond donors (Lipinski definition) is 1. The van der Waals surface area contributed by atoms with Crippen LogP contribution in [0.25, 0.3) is 0 Å². The summed E-state index contributed by atoms with van der Waals surface area (Å²) in [5, 5.41) is 8.11. The molecular formula is C10H19NO5S. The number of hydrogen-bond acceptors (Lipinski definition) is 4. The van der Waals surface area contributed by atoms with Gasteiger partial charge in [-0.05, 0) is 19.3 Å². The Labute approximate surface area is 102 Å². The summed E-state index contributed by atoms with van der Waals surface area (Å²) < 4.78 is 30.6. The molecule has 6 nitrogen and oxygen atoms in total. The summed E-state index contributed by atoms with van der Waals surface area (Å²) in [4.78, 5) is 10.3. The highest BCUT2D eigenvalue weighted by molar-refractivity contribution is 7.89. The van der Waals surface area contributed by atoms with Crippen molar-refractivity contribution in [3.05, 3.63) is 0 Å². The van der Waals surface area contributed by atoms with E-state index >= 15 is 0 Å². The van der Waals surface area contributed by atoms with Gasteiger partial charge in [0.2, 0.25) is 10.0 Å². The minimum absolute atomic E-state index is 0.00631. The van der Waals surface area contributed by atoms with Crippen LogP contribution in [-0.2, 0) is 19.6 Å². The molecule has 1 rings (SSSR count). The Morgan fingerprint density at radius 3 is 2.53 bits per heavy atom. The minimum atomic E-state index is -3.30. The Morgan fingerprint density at radius 1 is 1.41 bits per heavy atom. The first kappa shape index (κ1) is 14.4. The summed E-state index contributed by atoms with van der Waals surface area (Å²) in [6.45, 7) is 1.21. The van der Waals surface area contributed by atoms with Crippen LogP contribution >= 0.6 is 0 Å². The molecule has 0 radical (unpaired) electrons. The van der Waals surface area contributed by atoms with E-state index in [1.807, 2.05) is 0 Å². The molecule has 1 aliphatic heterocycles. The van der Waals surface area contributed by atoms with E-state index in [0.717, 1.165) is 0 Å². The van der Waals surface area contributed by atoms with Crippen molar-refractivity contribution in [2.24, 2.45) is 0 Å². The van der Waals surface area contributed by atoms with Gasteiger partial charge in [0.25, 0.3) is 0 Å². The lowest BCUT2D eigenvalue weighted by Crippen LogP contribution is -2.39. The third-order valence-corrected chi connectivity index (χ3v) is 5.25. The summed E-state index contributed by atoms with van der Waals surface area (Å²) in [6, 6.07) is 0. The summed E-state index contributed by atoms with van der Waals surface area (Å²) in [6.07, 6.45) is 1.37. The number of nitrogens with zero attached hydrogens (tertiary/aromatic N) is 1. The van der Waals surface area contributed by atoms with Crippen molar-refractivity contribution in [2.45, 2.75) is 30.9 Å². The normalized spacial score (nSPS) is 18.5. The van der Waals surface area contributed by atoms with E-state index in [1.165, 1.54) is 11.4 Å². The van der Waals surface area contributed by atoms with Crippen LogP contribution in [-0.4, -0.2) is 55.9 Å². The monoisotopic (exact) mass is 265 g/mol.